The van der Waals surface area contributed by atoms with E-state index in [9.17, 15) is 13.2 Å². The van der Waals surface area contributed by atoms with E-state index in [1.165, 1.54) is 17.7 Å². The number of nitrogens with one attached hydrogen (secondary N) is 2. The highest BCUT2D eigenvalue weighted by Crippen LogP contribution is 2.25. The van der Waals surface area contributed by atoms with Gasteiger partial charge < -0.3 is 5.32 Å². The van der Waals surface area contributed by atoms with Crippen molar-refractivity contribution in [1.29, 1.82) is 0 Å². The van der Waals surface area contributed by atoms with E-state index in [1.54, 1.807) is 12.1 Å². The number of sulfonamides is 1. The van der Waals surface area contributed by atoms with Crippen LogP contribution in [0.25, 0.3) is 16.9 Å². The van der Waals surface area contributed by atoms with Gasteiger partial charge in [-0.2, -0.15) is 0 Å². The highest BCUT2D eigenvalue weighted by Gasteiger charge is 2.18. The lowest BCUT2D eigenvalue weighted by atomic mass is 10.1. The fourth-order valence-electron chi connectivity index (χ4n) is 5.17. The smallest absolute Gasteiger partial charge is 0.328 e. The average Bonchev–Trinajstić information content (AvgIpc) is 3.34. The van der Waals surface area contributed by atoms with Crippen molar-refractivity contribution in [2.75, 3.05) is 6.54 Å². The molecular formula is C34H37N5O3S. The van der Waals surface area contributed by atoms with Crippen LogP contribution in [0.4, 0.5) is 4.79 Å². The number of imidazole rings is 1. The number of benzene rings is 3. The first-order valence-electron chi connectivity index (χ1n) is 14.6. The van der Waals surface area contributed by atoms with E-state index < -0.39 is 16.1 Å². The topological polar surface area (TPSA) is 106 Å². The zero-order chi connectivity index (χ0) is 30.4. The van der Waals surface area contributed by atoms with Crippen LogP contribution in [0, 0.1) is 20.8 Å². The first kappa shape index (κ1) is 30.0. The van der Waals surface area contributed by atoms with Crippen LogP contribution in [0.15, 0.2) is 89.8 Å². The fraction of sp³-hybridized carbons (Fsp3) is 0.265. The Balaban J connectivity index is 1.24. The molecule has 3 aromatic carbocycles. The Morgan fingerprint density at radius 2 is 1.47 bits per heavy atom. The van der Waals surface area contributed by atoms with Crippen LogP contribution in [-0.4, -0.2) is 35.5 Å². The van der Waals surface area contributed by atoms with E-state index in [4.69, 9.17) is 9.97 Å². The second-order valence-electron chi connectivity index (χ2n) is 10.9. The number of aryl methyl sites for hydroxylation is 5. The van der Waals surface area contributed by atoms with E-state index in [0.29, 0.717) is 6.42 Å². The Bertz CT molecular complexity index is 1810. The van der Waals surface area contributed by atoms with Gasteiger partial charge in [0.1, 0.15) is 11.3 Å². The Hall–Kier alpha value is -4.50. The summed E-state index contributed by atoms with van der Waals surface area (Å²) in [4.78, 5) is 22.2. The van der Waals surface area contributed by atoms with Crippen LogP contribution < -0.4 is 10.0 Å². The molecule has 0 spiro atoms. The number of pyridine rings is 1. The maximum Gasteiger partial charge on any atom is 0.328 e. The van der Waals surface area contributed by atoms with E-state index >= 15 is 0 Å². The molecule has 0 unspecified atom stereocenters. The molecule has 2 amide bonds. The second-order valence-corrected chi connectivity index (χ2v) is 12.6. The van der Waals surface area contributed by atoms with Crippen LogP contribution in [0.2, 0.25) is 0 Å². The Kier molecular flexibility index (Phi) is 9.21. The zero-order valence-corrected chi connectivity index (χ0v) is 25.6. The lowest BCUT2D eigenvalue weighted by Crippen LogP contribution is -2.40. The molecule has 8 nitrogen and oxygen atoms in total. The number of amides is 2. The molecule has 0 atom stereocenters. The fourth-order valence-corrected chi connectivity index (χ4v) is 6.10. The molecule has 43 heavy (non-hydrogen) atoms. The van der Waals surface area contributed by atoms with Gasteiger partial charge in [-0.1, -0.05) is 60.2 Å². The summed E-state index contributed by atoms with van der Waals surface area (Å²) in [6.45, 7) is 6.23. The number of aromatic nitrogens is 3. The SMILES string of the molecule is Cc1ccc(S(=O)(=O)NC(=O)NCCc2ccc(-n3c(CCCCc4ccccc4)nc4c(C)cc(C)nc43)cc2)cc1. The van der Waals surface area contributed by atoms with Crippen LogP contribution in [0.1, 0.15) is 46.6 Å². The predicted octanol–water partition coefficient (Wildman–Crippen LogP) is 6.14. The Morgan fingerprint density at radius 3 is 2.19 bits per heavy atom. The minimum Gasteiger partial charge on any atom is -0.337 e. The summed E-state index contributed by atoms with van der Waals surface area (Å²) in [5.41, 5.74) is 8.12. The number of fused-ring (bicyclic) bond motifs is 1. The van der Waals surface area contributed by atoms with Gasteiger partial charge in [-0.3, -0.25) is 4.57 Å². The molecule has 0 aliphatic carbocycles. The molecule has 0 fully saturated rings. The number of unbranched alkanes of at least 4 members (excludes halogenated alkanes) is 1. The first-order valence-corrected chi connectivity index (χ1v) is 16.0. The van der Waals surface area contributed by atoms with E-state index in [-0.39, 0.29) is 11.4 Å². The molecule has 0 saturated carbocycles. The molecule has 0 aliphatic heterocycles. The molecule has 0 saturated heterocycles. The summed E-state index contributed by atoms with van der Waals surface area (Å²) < 4.78 is 29.2. The van der Waals surface area contributed by atoms with Crippen LogP contribution in [0.3, 0.4) is 0 Å². The molecule has 222 valence electrons. The molecule has 5 rings (SSSR count). The number of hydrogen-bond acceptors (Lipinski definition) is 5. The summed E-state index contributed by atoms with van der Waals surface area (Å²) >= 11 is 0. The van der Waals surface area contributed by atoms with Gasteiger partial charge in [0.25, 0.3) is 10.0 Å². The van der Waals surface area contributed by atoms with Crippen molar-refractivity contribution in [1.82, 2.24) is 24.6 Å². The Labute approximate surface area is 253 Å². The van der Waals surface area contributed by atoms with Crippen molar-refractivity contribution in [3.8, 4) is 5.69 Å². The minimum absolute atomic E-state index is 0.0475. The Morgan fingerprint density at radius 1 is 0.791 bits per heavy atom. The van der Waals surface area contributed by atoms with Gasteiger partial charge in [-0.25, -0.2) is 27.9 Å². The highest BCUT2D eigenvalue weighted by molar-refractivity contribution is 7.90. The largest absolute Gasteiger partial charge is 0.337 e. The summed E-state index contributed by atoms with van der Waals surface area (Å²) in [5.74, 6) is 0.991. The molecule has 0 aliphatic rings. The van der Waals surface area contributed by atoms with Gasteiger partial charge in [0.15, 0.2) is 5.65 Å². The molecule has 2 N–H and O–H groups in total. The second kappa shape index (κ2) is 13.2. The molecule has 0 radical (unpaired) electrons. The number of urea groups is 1. The van der Waals surface area contributed by atoms with E-state index in [1.807, 2.05) is 44.2 Å². The quantitative estimate of drug-likeness (QED) is 0.178. The zero-order valence-electron chi connectivity index (χ0n) is 24.8. The van der Waals surface area contributed by atoms with Crippen molar-refractivity contribution in [3.05, 3.63) is 119 Å². The normalized spacial score (nSPS) is 11.5. The van der Waals surface area contributed by atoms with Crippen molar-refractivity contribution < 1.29 is 13.2 Å². The molecule has 5 aromatic rings. The number of carbonyl (C=O) groups is 1. The van der Waals surface area contributed by atoms with Crippen molar-refractivity contribution in [2.24, 2.45) is 0 Å². The standard InChI is InChI=1S/C34H37N5O3S/c1-24-13-19-30(20-14-24)43(41,42)38-34(40)35-22-21-28-15-17-29(18-16-28)39-31(12-8-7-11-27-9-5-4-6-10-27)37-32-25(2)23-26(3)36-33(32)39/h4-6,9-10,13-20,23H,7-8,11-12,21-22H2,1-3H3,(H2,35,38,40). The number of nitrogens with zero attached hydrogens (tertiary/aromatic N) is 3. The third kappa shape index (κ3) is 7.48. The number of hydrogen-bond donors (Lipinski definition) is 2. The van der Waals surface area contributed by atoms with Crippen molar-refractivity contribution in [3.63, 3.8) is 0 Å². The lowest BCUT2D eigenvalue weighted by Gasteiger charge is -2.11. The van der Waals surface area contributed by atoms with Crippen molar-refractivity contribution in [2.45, 2.75) is 57.8 Å². The molecule has 2 heterocycles. The summed E-state index contributed by atoms with van der Waals surface area (Å²) in [6, 6.07) is 26.3. The van der Waals surface area contributed by atoms with E-state index in [0.717, 1.165) is 70.7 Å². The van der Waals surface area contributed by atoms with Gasteiger partial charge >= 0.3 is 6.03 Å². The molecular weight excluding hydrogens is 558 g/mol. The molecule has 0 bridgehead atoms. The number of carbonyl (C=O) groups excluding carboxylic acids is 1. The first-order chi connectivity index (χ1) is 20.7. The predicted molar refractivity (Wildman–Crippen MR) is 170 cm³/mol. The number of rotatable bonds is 11. The van der Waals surface area contributed by atoms with Crippen LogP contribution >= 0.6 is 0 Å². The van der Waals surface area contributed by atoms with E-state index in [2.05, 4.69) is 51.9 Å². The third-order valence-electron chi connectivity index (χ3n) is 7.41. The summed E-state index contributed by atoms with van der Waals surface area (Å²) in [5, 5.41) is 2.64. The minimum atomic E-state index is -3.93. The molecule has 9 heteroatoms. The third-order valence-corrected chi connectivity index (χ3v) is 8.76. The van der Waals surface area contributed by atoms with Crippen molar-refractivity contribution >= 4 is 27.2 Å². The monoisotopic (exact) mass is 595 g/mol. The van der Waals surface area contributed by atoms with Gasteiger partial charge in [0, 0.05) is 24.3 Å². The lowest BCUT2D eigenvalue weighted by molar-refractivity contribution is 0.246. The maximum absolute atomic E-state index is 12.5. The summed E-state index contributed by atoms with van der Waals surface area (Å²) in [6.07, 6.45) is 4.52. The van der Waals surface area contributed by atoms with Crippen LogP contribution in [-0.2, 0) is 29.3 Å². The van der Waals surface area contributed by atoms with Gasteiger partial charge in [-0.05, 0) is 93.5 Å². The maximum atomic E-state index is 12.5. The summed E-state index contributed by atoms with van der Waals surface area (Å²) in [7, 11) is -3.93. The van der Waals surface area contributed by atoms with Gasteiger partial charge in [0.2, 0.25) is 0 Å². The van der Waals surface area contributed by atoms with Crippen LogP contribution in [0.5, 0.6) is 0 Å². The average molecular weight is 596 g/mol. The van der Waals surface area contributed by atoms with Gasteiger partial charge in [0.05, 0.1) is 4.90 Å². The highest BCUT2D eigenvalue weighted by atomic mass is 32.2. The van der Waals surface area contributed by atoms with Gasteiger partial charge in [-0.15, -0.1) is 0 Å². The molecule has 2 aromatic heterocycles.